The number of nitrogens with one attached hydrogen (secondary N) is 1. The summed E-state index contributed by atoms with van der Waals surface area (Å²) in [5, 5.41) is 2.04. The number of alkyl halides is 2. The Morgan fingerprint density at radius 2 is 2.14 bits per heavy atom. The zero-order valence-corrected chi connectivity index (χ0v) is 8.35. The lowest BCUT2D eigenvalue weighted by Crippen LogP contribution is -2.42. The number of amides is 1. The van der Waals surface area contributed by atoms with E-state index in [1.165, 1.54) is 0 Å². The third-order valence-corrected chi connectivity index (χ3v) is 1.39. The van der Waals surface area contributed by atoms with Gasteiger partial charge in [0.25, 0.3) is 5.92 Å². The number of carbonyl (C=O) groups is 1. The number of hydrogen-bond donors (Lipinski definition) is 2. The second-order valence-corrected chi connectivity index (χ2v) is 3.20. The first-order valence-corrected chi connectivity index (χ1v) is 4.33. The van der Waals surface area contributed by atoms with Gasteiger partial charge in [-0.05, 0) is 13.8 Å². The summed E-state index contributed by atoms with van der Waals surface area (Å²) in [6, 6.07) is 0. The van der Waals surface area contributed by atoms with E-state index in [0.717, 1.165) is 0 Å². The molecule has 0 saturated heterocycles. The predicted molar refractivity (Wildman–Crippen MR) is 48.1 cm³/mol. The lowest BCUT2D eigenvalue weighted by Gasteiger charge is -2.14. The molecule has 1 amide bonds. The average molecular weight is 210 g/mol. The summed E-state index contributed by atoms with van der Waals surface area (Å²) in [6.45, 7) is 1.77. The van der Waals surface area contributed by atoms with Gasteiger partial charge in [-0.25, -0.2) is 8.78 Å². The molecule has 0 atom stereocenters. The summed E-state index contributed by atoms with van der Waals surface area (Å²) in [7, 11) is 0. The Balaban J connectivity index is 3.64. The Morgan fingerprint density at radius 3 is 2.57 bits per heavy atom. The molecule has 0 fully saturated rings. The van der Waals surface area contributed by atoms with Gasteiger partial charge in [-0.3, -0.25) is 4.79 Å². The van der Waals surface area contributed by atoms with Crippen LogP contribution in [0.2, 0.25) is 0 Å². The lowest BCUT2D eigenvalue weighted by molar-refractivity contribution is -0.128. The summed E-state index contributed by atoms with van der Waals surface area (Å²) in [6.07, 6.45) is -0.101. The number of hydrogen-bond acceptors (Lipinski definition) is 3. The van der Waals surface area contributed by atoms with Crippen LogP contribution in [-0.4, -0.2) is 37.6 Å². The molecule has 0 bridgehead atoms. The fourth-order valence-electron chi connectivity index (χ4n) is 0.593. The van der Waals surface area contributed by atoms with Gasteiger partial charge in [-0.2, -0.15) is 0 Å². The van der Waals surface area contributed by atoms with Gasteiger partial charge >= 0.3 is 0 Å². The minimum atomic E-state index is -3.05. The zero-order valence-electron chi connectivity index (χ0n) is 8.35. The molecule has 3 N–H and O–H groups in total. The number of rotatable bonds is 6. The van der Waals surface area contributed by atoms with Gasteiger partial charge in [-0.15, -0.1) is 0 Å². The van der Waals surface area contributed by atoms with Crippen LogP contribution in [0.3, 0.4) is 0 Å². The predicted octanol–water partition coefficient (Wildman–Crippen LogP) is 0.122. The molecule has 0 aromatic rings. The van der Waals surface area contributed by atoms with Crippen molar-refractivity contribution in [2.75, 3.05) is 19.7 Å². The van der Waals surface area contributed by atoms with E-state index in [0.29, 0.717) is 0 Å². The fourth-order valence-corrected chi connectivity index (χ4v) is 0.593. The van der Waals surface area contributed by atoms with Gasteiger partial charge in [0.05, 0.1) is 19.2 Å². The van der Waals surface area contributed by atoms with E-state index in [-0.39, 0.29) is 12.7 Å². The normalized spacial score (nSPS) is 11.9. The van der Waals surface area contributed by atoms with Crippen molar-refractivity contribution in [2.45, 2.75) is 25.9 Å². The Hall–Kier alpha value is -0.750. The zero-order chi connectivity index (χ0) is 11.2. The molecule has 0 unspecified atom stereocenters. The van der Waals surface area contributed by atoms with E-state index in [9.17, 15) is 13.6 Å². The van der Waals surface area contributed by atoms with Crippen molar-refractivity contribution in [1.29, 1.82) is 0 Å². The molecule has 0 spiro atoms. The molecule has 0 aromatic carbocycles. The average Bonchev–Trinajstić information content (AvgIpc) is 2.11. The van der Waals surface area contributed by atoms with Crippen molar-refractivity contribution >= 4 is 5.91 Å². The molecule has 0 rings (SSSR count). The third kappa shape index (κ3) is 6.73. The van der Waals surface area contributed by atoms with Gasteiger partial charge in [0.1, 0.15) is 6.61 Å². The first kappa shape index (κ1) is 13.2. The van der Waals surface area contributed by atoms with Crippen molar-refractivity contribution in [1.82, 2.24) is 5.32 Å². The van der Waals surface area contributed by atoms with E-state index in [1.54, 1.807) is 13.8 Å². The fraction of sp³-hybridized carbons (Fsp3) is 0.875. The first-order chi connectivity index (χ1) is 6.37. The molecule has 0 aliphatic rings. The van der Waals surface area contributed by atoms with Crippen molar-refractivity contribution in [3.05, 3.63) is 0 Å². The van der Waals surface area contributed by atoms with Crippen LogP contribution in [0, 0.1) is 0 Å². The van der Waals surface area contributed by atoms with E-state index in [4.69, 9.17) is 10.5 Å². The maximum Gasteiger partial charge on any atom is 0.277 e. The van der Waals surface area contributed by atoms with Gasteiger partial charge in [-0.1, -0.05) is 0 Å². The Kier molecular flexibility index (Phi) is 5.56. The van der Waals surface area contributed by atoms with E-state index >= 15 is 0 Å². The minimum absolute atomic E-state index is 0.101. The number of nitrogens with two attached hydrogens (primary N) is 1. The molecule has 0 aliphatic heterocycles. The van der Waals surface area contributed by atoms with Gasteiger partial charge in [0.2, 0.25) is 5.91 Å². The Labute approximate surface area is 81.8 Å². The Bertz CT molecular complexity index is 186. The van der Waals surface area contributed by atoms with E-state index in [2.05, 4.69) is 0 Å². The highest BCUT2D eigenvalue weighted by Gasteiger charge is 2.26. The van der Waals surface area contributed by atoms with Gasteiger partial charge in [0, 0.05) is 0 Å². The molecule has 0 radical (unpaired) electrons. The molecular formula is C8H16F2N2O2. The number of halogens is 2. The smallest absolute Gasteiger partial charge is 0.277 e. The topological polar surface area (TPSA) is 64.3 Å². The second-order valence-electron chi connectivity index (χ2n) is 3.20. The van der Waals surface area contributed by atoms with Gasteiger partial charge < -0.3 is 15.8 Å². The summed E-state index contributed by atoms with van der Waals surface area (Å²) in [5.74, 6) is -3.61. The van der Waals surface area contributed by atoms with Crippen LogP contribution >= 0.6 is 0 Å². The number of ether oxygens (including phenoxy) is 1. The Morgan fingerprint density at radius 1 is 1.57 bits per heavy atom. The standard InChI is InChI=1S/C8H16F2N2O2/c1-6(2)14-3-7(13)12-5-8(9,10)4-11/h6H,3-5,11H2,1-2H3,(H,12,13). The maximum atomic E-state index is 12.5. The molecule has 6 heteroatoms. The van der Waals surface area contributed by atoms with Crippen LogP contribution in [0.1, 0.15) is 13.8 Å². The largest absolute Gasteiger partial charge is 0.369 e. The molecule has 0 saturated carbocycles. The SMILES string of the molecule is CC(C)OCC(=O)NCC(F)(F)CN. The van der Waals surface area contributed by atoms with E-state index in [1.807, 2.05) is 5.32 Å². The summed E-state index contributed by atoms with van der Waals surface area (Å²) >= 11 is 0. The molecule has 84 valence electrons. The molecule has 14 heavy (non-hydrogen) atoms. The van der Waals surface area contributed by atoms with Crippen LogP contribution in [0.5, 0.6) is 0 Å². The molecule has 0 aliphatic carbocycles. The van der Waals surface area contributed by atoms with Crippen molar-refractivity contribution in [3.63, 3.8) is 0 Å². The summed E-state index contributed by atoms with van der Waals surface area (Å²) < 4.78 is 30.0. The van der Waals surface area contributed by atoms with Crippen molar-refractivity contribution < 1.29 is 18.3 Å². The molecule has 0 heterocycles. The van der Waals surface area contributed by atoms with Crippen LogP contribution in [-0.2, 0) is 9.53 Å². The van der Waals surface area contributed by atoms with Crippen LogP contribution in [0.4, 0.5) is 8.78 Å². The molecule has 4 nitrogen and oxygen atoms in total. The lowest BCUT2D eigenvalue weighted by atomic mass is 10.3. The monoisotopic (exact) mass is 210 g/mol. The third-order valence-electron chi connectivity index (χ3n) is 1.39. The van der Waals surface area contributed by atoms with Crippen LogP contribution in [0.15, 0.2) is 0 Å². The molecular weight excluding hydrogens is 194 g/mol. The summed E-state index contributed by atoms with van der Waals surface area (Å²) in [4.78, 5) is 10.9. The first-order valence-electron chi connectivity index (χ1n) is 4.33. The van der Waals surface area contributed by atoms with Crippen molar-refractivity contribution in [2.24, 2.45) is 5.73 Å². The van der Waals surface area contributed by atoms with Gasteiger partial charge in [0.15, 0.2) is 0 Å². The van der Waals surface area contributed by atoms with E-state index < -0.39 is 24.9 Å². The summed E-state index contributed by atoms with van der Waals surface area (Å²) in [5.41, 5.74) is 4.78. The number of carbonyl (C=O) groups excluding carboxylic acids is 1. The highest BCUT2D eigenvalue weighted by Crippen LogP contribution is 2.08. The minimum Gasteiger partial charge on any atom is -0.369 e. The van der Waals surface area contributed by atoms with Crippen LogP contribution < -0.4 is 11.1 Å². The highest BCUT2D eigenvalue weighted by molar-refractivity contribution is 5.77. The maximum absolute atomic E-state index is 12.5. The highest BCUT2D eigenvalue weighted by atomic mass is 19.3. The van der Waals surface area contributed by atoms with Crippen molar-refractivity contribution in [3.8, 4) is 0 Å². The second kappa shape index (κ2) is 5.87. The molecule has 0 aromatic heterocycles. The quantitative estimate of drug-likeness (QED) is 0.654. The van der Waals surface area contributed by atoms with Crippen LogP contribution in [0.25, 0.3) is 0 Å².